The van der Waals surface area contributed by atoms with Gasteiger partial charge in [0.25, 0.3) is 0 Å². The SMILES string of the molecule is CC1CN(C(=O)CCBr)CCN1C(=O)CCBr. The van der Waals surface area contributed by atoms with Crippen LogP contribution in [0.1, 0.15) is 19.8 Å². The van der Waals surface area contributed by atoms with E-state index in [1.165, 1.54) is 0 Å². The topological polar surface area (TPSA) is 40.6 Å². The third-order valence-corrected chi connectivity index (χ3v) is 3.71. The number of halogens is 2. The minimum Gasteiger partial charge on any atom is -0.339 e. The molecule has 1 unspecified atom stereocenters. The Balaban J connectivity index is 2.49. The third-order valence-electron chi connectivity index (χ3n) is 2.92. The zero-order valence-corrected chi connectivity index (χ0v) is 13.2. The molecule has 4 nitrogen and oxygen atoms in total. The van der Waals surface area contributed by atoms with Gasteiger partial charge < -0.3 is 9.80 Å². The molecule has 1 heterocycles. The van der Waals surface area contributed by atoms with Gasteiger partial charge in [-0.25, -0.2) is 0 Å². The highest BCUT2D eigenvalue weighted by atomic mass is 79.9. The minimum atomic E-state index is 0.120. The van der Waals surface area contributed by atoms with E-state index >= 15 is 0 Å². The van der Waals surface area contributed by atoms with Crippen LogP contribution in [0.15, 0.2) is 0 Å². The second-order valence-electron chi connectivity index (χ2n) is 4.15. The predicted molar refractivity (Wildman–Crippen MR) is 74.6 cm³/mol. The number of hydrogen-bond acceptors (Lipinski definition) is 2. The maximum Gasteiger partial charge on any atom is 0.223 e. The summed E-state index contributed by atoms with van der Waals surface area (Å²) in [6.07, 6.45) is 1.06. The largest absolute Gasteiger partial charge is 0.339 e. The van der Waals surface area contributed by atoms with Crippen molar-refractivity contribution in [2.75, 3.05) is 30.3 Å². The van der Waals surface area contributed by atoms with Crippen LogP contribution in [0.2, 0.25) is 0 Å². The van der Waals surface area contributed by atoms with E-state index in [2.05, 4.69) is 31.9 Å². The van der Waals surface area contributed by atoms with Gasteiger partial charge >= 0.3 is 0 Å². The molecule has 0 N–H and O–H groups in total. The van der Waals surface area contributed by atoms with Crippen molar-refractivity contribution in [1.29, 1.82) is 0 Å². The van der Waals surface area contributed by atoms with E-state index in [0.29, 0.717) is 43.1 Å². The summed E-state index contributed by atoms with van der Waals surface area (Å²) in [5.74, 6) is 0.336. The van der Waals surface area contributed by atoms with Crippen molar-refractivity contribution in [3.63, 3.8) is 0 Å². The maximum atomic E-state index is 11.8. The summed E-state index contributed by atoms with van der Waals surface area (Å²) in [6.45, 7) is 3.96. The average molecular weight is 370 g/mol. The number of rotatable bonds is 4. The molecule has 0 aromatic rings. The molecule has 2 amide bonds. The summed E-state index contributed by atoms with van der Waals surface area (Å²) >= 11 is 6.55. The van der Waals surface area contributed by atoms with Gasteiger partial charge in [-0.2, -0.15) is 0 Å². The lowest BCUT2D eigenvalue weighted by Gasteiger charge is -2.40. The minimum absolute atomic E-state index is 0.120. The Morgan fingerprint density at radius 3 is 2.24 bits per heavy atom. The van der Waals surface area contributed by atoms with Crippen LogP contribution in [0.4, 0.5) is 0 Å². The van der Waals surface area contributed by atoms with Crippen LogP contribution < -0.4 is 0 Å². The van der Waals surface area contributed by atoms with Crippen molar-refractivity contribution < 1.29 is 9.59 Å². The quantitative estimate of drug-likeness (QED) is 0.706. The summed E-state index contributed by atoms with van der Waals surface area (Å²) in [6, 6.07) is 0.120. The van der Waals surface area contributed by atoms with E-state index in [1.54, 1.807) is 0 Å². The van der Waals surface area contributed by atoms with Crippen LogP contribution in [-0.2, 0) is 9.59 Å². The van der Waals surface area contributed by atoms with Gasteiger partial charge in [0.2, 0.25) is 11.8 Å². The fraction of sp³-hybridized carbons (Fsp3) is 0.818. The Kier molecular flexibility index (Phi) is 6.48. The number of amides is 2. The molecule has 1 atom stereocenters. The lowest BCUT2D eigenvalue weighted by molar-refractivity contribution is -0.142. The Morgan fingerprint density at radius 1 is 1.12 bits per heavy atom. The molecule has 0 aromatic heterocycles. The molecule has 0 radical (unpaired) electrons. The Morgan fingerprint density at radius 2 is 1.71 bits per heavy atom. The van der Waals surface area contributed by atoms with Crippen LogP contribution in [-0.4, -0.2) is 58.0 Å². The maximum absolute atomic E-state index is 11.8. The third kappa shape index (κ3) is 4.25. The molecule has 98 valence electrons. The molecule has 1 aliphatic rings. The molecule has 1 rings (SSSR count). The molecule has 17 heavy (non-hydrogen) atoms. The Hall–Kier alpha value is -0.100. The van der Waals surface area contributed by atoms with Gasteiger partial charge in [0, 0.05) is 49.2 Å². The molecule has 6 heteroatoms. The van der Waals surface area contributed by atoms with Gasteiger partial charge in [-0.15, -0.1) is 0 Å². The van der Waals surface area contributed by atoms with E-state index in [0.717, 1.165) is 0 Å². The van der Waals surface area contributed by atoms with Gasteiger partial charge in [-0.05, 0) is 6.92 Å². The van der Waals surface area contributed by atoms with E-state index in [-0.39, 0.29) is 17.9 Å². The van der Waals surface area contributed by atoms with Gasteiger partial charge in [0.05, 0.1) is 0 Å². The lowest BCUT2D eigenvalue weighted by Crippen LogP contribution is -2.55. The molecule has 0 aromatic carbocycles. The number of hydrogen-bond donors (Lipinski definition) is 0. The second-order valence-corrected chi connectivity index (χ2v) is 5.74. The first kappa shape index (κ1) is 15.0. The highest BCUT2D eigenvalue weighted by molar-refractivity contribution is 9.09. The highest BCUT2D eigenvalue weighted by Crippen LogP contribution is 2.12. The Bertz CT molecular complexity index is 287. The van der Waals surface area contributed by atoms with Crippen molar-refractivity contribution in [3.8, 4) is 0 Å². The predicted octanol–water partition coefficient (Wildman–Crippen LogP) is 1.62. The number of piperazine rings is 1. The summed E-state index contributed by atoms with van der Waals surface area (Å²) in [4.78, 5) is 27.3. The van der Waals surface area contributed by atoms with Crippen molar-refractivity contribution in [2.45, 2.75) is 25.8 Å². The second kappa shape index (κ2) is 7.36. The molecular weight excluding hydrogens is 352 g/mol. The molecule has 1 fully saturated rings. The van der Waals surface area contributed by atoms with E-state index < -0.39 is 0 Å². The van der Waals surface area contributed by atoms with Crippen molar-refractivity contribution in [2.24, 2.45) is 0 Å². The summed E-state index contributed by atoms with van der Waals surface area (Å²) in [5, 5.41) is 1.39. The van der Waals surface area contributed by atoms with Gasteiger partial charge in [0.1, 0.15) is 0 Å². The van der Waals surface area contributed by atoms with Crippen molar-refractivity contribution in [3.05, 3.63) is 0 Å². The normalized spacial score (nSPS) is 20.5. The van der Waals surface area contributed by atoms with E-state index in [1.807, 2.05) is 16.7 Å². The summed E-state index contributed by atoms with van der Waals surface area (Å²) in [7, 11) is 0. The van der Waals surface area contributed by atoms with E-state index in [9.17, 15) is 9.59 Å². The fourth-order valence-electron chi connectivity index (χ4n) is 2.02. The molecule has 0 aliphatic carbocycles. The standard InChI is InChI=1S/C11H18Br2N2O2/c1-9-8-14(10(16)2-4-12)6-7-15(9)11(17)3-5-13/h9H,2-8H2,1H3. The molecule has 0 bridgehead atoms. The number of carbonyl (C=O) groups is 2. The zero-order valence-electron chi connectivity index (χ0n) is 9.99. The first-order valence-corrected chi connectivity index (χ1v) is 8.03. The number of nitrogens with zero attached hydrogens (tertiary/aromatic N) is 2. The first-order valence-electron chi connectivity index (χ1n) is 5.79. The number of carbonyl (C=O) groups excluding carboxylic acids is 2. The van der Waals surface area contributed by atoms with E-state index in [4.69, 9.17) is 0 Å². The average Bonchev–Trinajstić information content (AvgIpc) is 2.29. The van der Waals surface area contributed by atoms with Crippen LogP contribution in [0, 0.1) is 0 Å². The van der Waals surface area contributed by atoms with Crippen LogP contribution in [0.3, 0.4) is 0 Å². The first-order chi connectivity index (χ1) is 8.10. The van der Waals surface area contributed by atoms with Crippen molar-refractivity contribution in [1.82, 2.24) is 9.80 Å². The van der Waals surface area contributed by atoms with Gasteiger partial charge in [-0.3, -0.25) is 9.59 Å². The summed E-state index contributed by atoms with van der Waals surface area (Å²) in [5.41, 5.74) is 0. The zero-order chi connectivity index (χ0) is 12.8. The monoisotopic (exact) mass is 368 g/mol. The Labute approximate surface area is 119 Å². The fourth-order valence-corrected chi connectivity index (χ4v) is 2.70. The molecule has 1 aliphatic heterocycles. The van der Waals surface area contributed by atoms with Crippen LogP contribution >= 0.6 is 31.9 Å². The van der Waals surface area contributed by atoms with Crippen LogP contribution in [0.25, 0.3) is 0 Å². The molecule has 1 saturated heterocycles. The van der Waals surface area contributed by atoms with Crippen molar-refractivity contribution >= 4 is 43.7 Å². The smallest absolute Gasteiger partial charge is 0.223 e. The molecule has 0 saturated carbocycles. The molecular formula is C11H18Br2N2O2. The van der Waals surface area contributed by atoms with Gasteiger partial charge in [0.15, 0.2) is 0 Å². The lowest BCUT2D eigenvalue weighted by atomic mass is 10.1. The van der Waals surface area contributed by atoms with Crippen LogP contribution in [0.5, 0.6) is 0 Å². The van der Waals surface area contributed by atoms with Gasteiger partial charge in [-0.1, -0.05) is 31.9 Å². The highest BCUT2D eigenvalue weighted by Gasteiger charge is 2.28. The molecule has 0 spiro atoms. The summed E-state index contributed by atoms with van der Waals surface area (Å²) < 4.78 is 0. The number of alkyl halides is 2.